The summed E-state index contributed by atoms with van der Waals surface area (Å²) in [7, 11) is 0. The van der Waals surface area contributed by atoms with Crippen LogP contribution in [-0.4, -0.2) is 30.1 Å². The molecule has 1 heterocycles. The lowest BCUT2D eigenvalue weighted by molar-refractivity contribution is 0.203. The zero-order valence-corrected chi connectivity index (χ0v) is 13.7. The van der Waals surface area contributed by atoms with E-state index in [1.165, 1.54) is 17.5 Å². The smallest absolute Gasteiger partial charge is 0.0238 e. The van der Waals surface area contributed by atoms with Crippen molar-refractivity contribution in [3.63, 3.8) is 0 Å². The van der Waals surface area contributed by atoms with Crippen LogP contribution in [0.25, 0.3) is 0 Å². The third-order valence-electron chi connectivity index (χ3n) is 3.76. The van der Waals surface area contributed by atoms with Crippen molar-refractivity contribution in [1.82, 2.24) is 10.2 Å². The lowest BCUT2D eigenvalue weighted by Crippen LogP contribution is -2.46. The van der Waals surface area contributed by atoms with Crippen molar-refractivity contribution in [2.24, 2.45) is 0 Å². The molecule has 1 aliphatic heterocycles. The molecule has 0 bridgehead atoms. The van der Waals surface area contributed by atoms with E-state index in [0.717, 1.165) is 19.6 Å². The summed E-state index contributed by atoms with van der Waals surface area (Å²) in [6.45, 7) is 10.1. The van der Waals surface area contributed by atoms with Crippen LogP contribution in [0.3, 0.4) is 0 Å². The number of hydrogen-bond donors (Lipinski definition) is 1. The fourth-order valence-electron chi connectivity index (χ4n) is 2.64. The first kappa shape index (κ1) is 18.7. The van der Waals surface area contributed by atoms with Crippen molar-refractivity contribution in [2.45, 2.75) is 45.8 Å². The molecule has 0 saturated carbocycles. The molecule has 1 aromatic rings. The van der Waals surface area contributed by atoms with E-state index in [-0.39, 0.29) is 24.8 Å². The summed E-state index contributed by atoms with van der Waals surface area (Å²) < 4.78 is 0. The summed E-state index contributed by atoms with van der Waals surface area (Å²) in [6.07, 6.45) is 1.17. The van der Waals surface area contributed by atoms with Gasteiger partial charge in [0.25, 0.3) is 0 Å². The maximum absolute atomic E-state index is 3.65. The average molecular weight is 305 g/mol. The predicted octanol–water partition coefficient (Wildman–Crippen LogP) is 3.27. The standard InChI is InChI=1S/C15H24N2.2ClH/c1-4-17(12(2)3)11-15-9-13-7-5-6-8-14(13)10-16-15;;/h5-8,12,15-16H,4,9-11H2,1-3H3;2*1H/t15-;;/m0../s1. The highest BCUT2D eigenvalue weighted by Gasteiger charge is 2.20. The van der Waals surface area contributed by atoms with Crippen molar-refractivity contribution in [2.75, 3.05) is 13.1 Å². The van der Waals surface area contributed by atoms with Crippen LogP contribution in [0.4, 0.5) is 0 Å². The highest BCUT2D eigenvalue weighted by atomic mass is 35.5. The molecular formula is C15H26Cl2N2. The Hall–Kier alpha value is -0.280. The second-order valence-electron chi connectivity index (χ2n) is 5.23. The summed E-state index contributed by atoms with van der Waals surface area (Å²) >= 11 is 0. The lowest BCUT2D eigenvalue weighted by Gasteiger charge is -2.33. The molecule has 4 heteroatoms. The molecule has 1 N–H and O–H groups in total. The largest absolute Gasteiger partial charge is 0.308 e. The molecule has 0 radical (unpaired) electrons. The van der Waals surface area contributed by atoms with Gasteiger partial charge in [-0.2, -0.15) is 0 Å². The number of fused-ring (bicyclic) bond motifs is 1. The van der Waals surface area contributed by atoms with Gasteiger partial charge in [-0.05, 0) is 37.9 Å². The second kappa shape index (κ2) is 8.80. The van der Waals surface area contributed by atoms with E-state index in [9.17, 15) is 0 Å². The third kappa shape index (κ3) is 4.96. The Bertz CT molecular complexity index is 369. The Morgan fingerprint density at radius 3 is 2.42 bits per heavy atom. The van der Waals surface area contributed by atoms with E-state index in [2.05, 4.69) is 55.3 Å². The van der Waals surface area contributed by atoms with Gasteiger partial charge in [-0.3, -0.25) is 4.90 Å². The van der Waals surface area contributed by atoms with Crippen LogP contribution in [0.15, 0.2) is 24.3 Å². The predicted molar refractivity (Wildman–Crippen MR) is 87.7 cm³/mol. The molecule has 1 aliphatic rings. The van der Waals surface area contributed by atoms with E-state index < -0.39 is 0 Å². The Labute approximate surface area is 129 Å². The van der Waals surface area contributed by atoms with Crippen molar-refractivity contribution >= 4 is 24.8 Å². The highest BCUT2D eigenvalue weighted by molar-refractivity contribution is 5.85. The van der Waals surface area contributed by atoms with Gasteiger partial charge in [0.05, 0.1) is 0 Å². The fraction of sp³-hybridized carbons (Fsp3) is 0.600. The summed E-state index contributed by atoms with van der Waals surface area (Å²) in [4.78, 5) is 2.53. The van der Waals surface area contributed by atoms with E-state index in [4.69, 9.17) is 0 Å². The molecule has 110 valence electrons. The summed E-state index contributed by atoms with van der Waals surface area (Å²) in [6, 6.07) is 10.0. The van der Waals surface area contributed by atoms with Crippen LogP contribution in [0.1, 0.15) is 31.9 Å². The number of hydrogen-bond acceptors (Lipinski definition) is 2. The minimum atomic E-state index is 0. The number of rotatable bonds is 4. The van der Waals surface area contributed by atoms with Gasteiger partial charge >= 0.3 is 0 Å². The van der Waals surface area contributed by atoms with Gasteiger partial charge < -0.3 is 5.32 Å². The molecular weight excluding hydrogens is 279 g/mol. The third-order valence-corrected chi connectivity index (χ3v) is 3.76. The van der Waals surface area contributed by atoms with Crippen LogP contribution in [-0.2, 0) is 13.0 Å². The zero-order valence-electron chi connectivity index (χ0n) is 12.1. The minimum absolute atomic E-state index is 0. The first-order valence-electron chi connectivity index (χ1n) is 6.75. The molecule has 1 aromatic carbocycles. The van der Waals surface area contributed by atoms with E-state index in [1.807, 2.05) is 0 Å². The molecule has 0 spiro atoms. The average Bonchev–Trinajstić information content (AvgIpc) is 2.35. The highest BCUT2D eigenvalue weighted by Crippen LogP contribution is 2.17. The van der Waals surface area contributed by atoms with Crippen molar-refractivity contribution in [1.29, 1.82) is 0 Å². The lowest BCUT2D eigenvalue weighted by atomic mass is 9.95. The van der Waals surface area contributed by atoms with Crippen molar-refractivity contribution in [3.8, 4) is 0 Å². The normalized spacial score (nSPS) is 17.6. The molecule has 19 heavy (non-hydrogen) atoms. The van der Waals surface area contributed by atoms with E-state index in [0.29, 0.717) is 12.1 Å². The topological polar surface area (TPSA) is 15.3 Å². The second-order valence-corrected chi connectivity index (χ2v) is 5.23. The van der Waals surface area contributed by atoms with Gasteiger partial charge in [0.2, 0.25) is 0 Å². The molecule has 0 amide bonds. The van der Waals surface area contributed by atoms with Crippen LogP contribution in [0.2, 0.25) is 0 Å². The fourth-order valence-corrected chi connectivity index (χ4v) is 2.64. The van der Waals surface area contributed by atoms with Crippen LogP contribution >= 0.6 is 24.8 Å². The zero-order chi connectivity index (χ0) is 12.3. The van der Waals surface area contributed by atoms with Crippen LogP contribution in [0.5, 0.6) is 0 Å². The summed E-state index contributed by atoms with van der Waals surface area (Å²) in [5, 5.41) is 3.65. The first-order chi connectivity index (χ1) is 8.20. The number of halogens is 2. The maximum Gasteiger partial charge on any atom is 0.0238 e. The Morgan fingerprint density at radius 1 is 1.21 bits per heavy atom. The number of nitrogens with one attached hydrogen (secondary N) is 1. The van der Waals surface area contributed by atoms with Crippen molar-refractivity contribution in [3.05, 3.63) is 35.4 Å². The van der Waals surface area contributed by atoms with Gasteiger partial charge in [-0.1, -0.05) is 31.2 Å². The van der Waals surface area contributed by atoms with E-state index in [1.54, 1.807) is 0 Å². The minimum Gasteiger partial charge on any atom is -0.308 e. The Balaban J connectivity index is 0.00000162. The quantitative estimate of drug-likeness (QED) is 0.918. The molecule has 0 unspecified atom stereocenters. The molecule has 0 saturated heterocycles. The molecule has 0 aliphatic carbocycles. The van der Waals surface area contributed by atoms with Crippen LogP contribution in [0, 0.1) is 0 Å². The molecule has 0 aromatic heterocycles. The number of likely N-dealkylation sites (N-methyl/N-ethyl adjacent to an activating group) is 1. The van der Waals surface area contributed by atoms with Gasteiger partial charge in [-0.15, -0.1) is 24.8 Å². The Morgan fingerprint density at radius 2 is 1.84 bits per heavy atom. The summed E-state index contributed by atoms with van der Waals surface area (Å²) in [5.41, 5.74) is 2.99. The first-order valence-corrected chi connectivity index (χ1v) is 6.75. The van der Waals surface area contributed by atoms with Crippen LogP contribution < -0.4 is 5.32 Å². The molecule has 2 rings (SSSR count). The number of nitrogens with zero attached hydrogens (tertiary/aromatic N) is 1. The van der Waals surface area contributed by atoms with Gasteiger partial charge in [0, 0.05) is 25.2 Å². The monoisotopic (exact) mass is 304 g/mol. The SMILES string of the molecule is CCN(C[C@@H]1Cc2ccccc2CN1)C(C)C.Cl.Cl. The van der Waals surface area contributed by atoms with Gasteiger partial charge in [0.15, 0.2) is 0 Å². The van der Waals surface area contributed by atoms with Gasteiger partial charge in [-0.25, -0.2) is 0 Å². The van der Waals surface area contributed by atoms with Crippen molar-refractivity contribution < 1.29 is 0 Å². The number of benzene rings is 1. The Kier molecular flexibility index (Phi) is 8.67. The molecule has 0 fully saturated rings. The van der Waals surface area contributed by atoms with E-state index >= 15 is 0 Å². The van der Waals surface area contributed by atoms with Gasteiger partial charge in [0.1, 0.15) is 0 Å². The molecule has 2 nitrogen and oxygen atoms in total. The summed E-state index contributed by atoms with van der Waals surface area (Å²) in [5.74, 6) is 0. The maximum atomic E-state index is 3.65. The molecule has 1 atom stereocenters.